The van der Waals surface area contributed by atoms with Crippen LogP contribution in [0.4, 0.5) is 28.0 Å². The number of carbonyl (C=O) groups excluding carboxylic acids is 2. The largest absolute Gasteiger partial charge is 0.434 e. The van der Waals surface area contributed by atoms with Gasteiger partial charge in [0.1, 0.15) is 18.7 Å². The number of aromatic nitrogens is 1. The molecule has 3 rings (SSSR count). The molecule has 29 heavy (non-hydrogen) atoms. The average Bonchev–Trinajstić information content (AvgIpc) is 3.15. The van der Waals surface area contributed by atoms with Crippen molar-refractivity contribution in [3.05, 3.63) is 23.6 Å². The van der Waals surface area contributed by atoms with Crippen LogP contribution in [0.1, 0.15) is 0 Å². The second-order valence-electron chi connectivity index (χ2n) is 5.89. The molecule has 158 valence electrons. The van der Waals surface area contributed by atoms with Crippen LogP contribution in [0.15, 0.2) is 21.7 Å². The van der Waals surface area contributed by atoms with Gasteiger partial charge in [0, 0.05) is 12.1 Å². The number of amides is 2. The number of aliphatic hydroxyl groups excluding tert-OH is 1. The smallest absolute Gasteiger partial charge is 0.415 e. The van der Waals surface area contributed by atoms with Crippen LogP contribution in [0.25, 0.3) is 11.1 Å². The van der Waals surface area contributed by atoms with E-state index in [0.717, 1.165) is 17.0 Å². The van der Waals surface area contributed by atoms with Crippen LogP contribution in [0, 0.1) is 5.82 Å². The predicted molar refractivity (Wildman–Crippen MR) is 85.6 cm³/mol. The van der Waals surface area contributed by atoms with Crippen molar-refractivity contribution < 1.29 is 46.2 Å². The van der Waals surface area contributed by atoms with Crippen molar-refractivity contribution in [1.29, 1.82) is 0 Å². The first-order valence-corrected chi connectivity index (χ1v) is 8.04. The zero-order valence-electron chi connectivity index (χ0n) is 14.5. The minimum Gasteiger partial charge on any atom is -0.434 e. The molecular formula is C15H14F4N4O6. The fourth-order valence-electron chi connectivity index (χ4n) is 2.66. The summed E-state index contributed by atoms with van der Waals surface area (Å²) in [5, 5.41) is 12.0. The number of rotatable bonds is 6. The number of carbonyl (C=O) groups is 2. The quantitative estimate of drug-likeness (QED) is 0.397. The maximum Gasteiger partial charge on any atom is 0.415 e. The summed E-state index contributed by atoms with van der Waals surface area (Å²) in [7, 11) is 0. The summed E-state index contributed by atoms with van der Waals surface area (Å²) in [6.45, 7) is -2.73. The van der Waals surface area contributed by atoms with Crippen molar-refractivity contribution in [2.45, 2.75) is 18.8 Å². The minimum absolute atomic E-state index is 0.125. The van der Waals surface area contributed by atoms with Crippen molar-refractivity contribution in [1.82, 2.24) is 4.57 Å². The number of halogens is 4. The van der Waals surface area contributed by atoms with Gasteiger partial charge in [-0.2, -0.15) is 13.2 Å². The van der Waals surface area contributed by atoms with Crippen molar-refractivity contribution >= 4 is 28.8 Å². The Morgan fingerprint density at radius 1 is 1.41 bits per heavy atom. The average molecular weight is 422 g/mol. The first-order valence-electron chi connectivity index (χ1n) is 8.04. The van der Waals surface area contributed by atoms with E-state index in [1.165, 1.54) is 0 Å². The number of hydrogen-bond donors (Lipinski definition) is 2. The maximum absolute atomic E-state index is 14.7. The van der Waals surface area contributed by atoms with Crippen molar-refractivity contribution in [2.75, 3.05) is 24.7 Å². The van der Waals surface area contributed by atoms with Gasteiger partial charge in [0.05, 0.1) is 18.8 Å². The highest BCUT2D eigenvalue weighted by atomic mass is 19.4. The van der Waals surface area contributed by atoms with Gasteiger partial charge in [-0.05, 0) is 5.16 Å². The number of cyclic esters (lactones) is 1. The van der Waals surface area contributed by atoms with E-state index in [2.05, 4.69) is 9.99 Å². The van der Waals surface area contributed by atoms with E-state index >= 15 is 0 Å². The van der Waals surface area contributed by atoms with Gasteiger partial charge in [0.25, 0.3) is 5.91 Å². The van der Waals surface area contributed by atoms with Crippen LogP contribution in [0.5, 0.6) is 0 Å². The van der Waals surface area contributed by atoms with Gasteiger partial charge < -0.3 is 24.8 Å². The van der Waals surface area contributed by atoms with E-state index < -0.39 is 54.5 Å². The molecule has 1 atom stereocenters. The molecule has 2 amide bonds. The van der Waals surface area contributed by atoms with Crippen LogP contribution in [0.3, 0.4) is 0 Å². The van der Waals surface area contributed by atoms with E-state index in [4.69, 9.17) is 20.0 Å². The van der Waals surface area contributed by atoms with Gasteiger partial charge >= 0.3 is 18.0 Å². The molecule has 2 aromatic rings. The van der Waals surface area contributed by atoms with Gasteiger partial charge in [-0.25, -0.2) is 9.18 Å². The molecule has 1 saturated heterocycles. The third kappa shape index (κ3) is 4.26. The van der Waals surface area contributed by atoms with E-state index in [-0.39, 0.29) is 24.4 Å². The van der Waals surface area contributed by atoms with E-state index in [9.17, 15) is 27.2 Å². The number of benzene rings is 1. The summed E-state index contributed by atoms with van der Waals surface area (Å²) in [5.74, 6) is -2.06. The molecule has 1 aliphatic rings. The molecule has 1 fully saturated rings. The van der Waals surface area contributed by atoms with Gasteiger partial charge in [0.2, 0.25) is 0 Å². The summed E-state index contributed by atoms with van der Waals surface area (Å²) < 4.78 is 63.8. The number of primary amides is 1. The lowest BCUT2D eigenvalue weighted by atomic mass is 10.2. The lowest BCUT2D eigenvalue weighted by Crippen LogP contribution is -2.32. The van der Waals surface area contributed by atoms with Crippen molar-refractivity contribution in [3.63, 3.8) is 0 Å². The van der Waals surface area contributed by atoms with Crippen molar-refractivity contribution in [2.24, 2.45) is 10.9 Å². The lowest BCUT2D eigenvalue weighted by molar-refractivity contribution is -0.141. The first kappa shape index (κ1) is 20.4. The molecule has 0 radical (unpaired) electrons. The number of nitrogens with zero attached hydrogens (tertiary/aromatic N) is 3. The van der Waals surface area contributed by atoms with Gasteiger partial charge in [-0.3, -0.25) is 14.3 Å². The highest BCUT2D eigenvalue weighted by molar-refractivity contribution is 5.96. The zero-order valence-corrected chi connectivity index (χ0v) is 14.5. The Hall–Kier alpha value is -3.29. The normalized spacial score (nSPS) is 17.8. The zero-order chi connectivity index (χ0) is 21.3. The highest BCUT2D eigenvalue weighted by Crippen LogP contribution is 2.29. The predicted octanol–water partition coefficient (Wildman–Crippen LogP) is 0.571. The molecule has 0 aliphatic carbocycles. The number of fused-ring (bicyclic) bond motifs is 1. The molecule has 0 bridgehead atoms. The summed E-state index contributed by atoms with van der Waals surface area (Å²) in [5.41, 5.74) is 3.30. The number of ether oxygens (including phenoxy) is 1. The maximum atomic E-state index is 14.7. The molecule has 0 spiro atoms. The standard InChI is InChI=1S/C15H14F4N4O6/c16-8-3-7(22-5-10(12(20)25)29-14(22)26)4-9-11(8)23(6-15(17,18)19)13(28-9)21-27-2-1-24/h3-4,10,24H,1-2,5-6H2,(H2,20,25)/t10-/m1/s1. The number of anilines is 1. The number of alkyl halides is 3. The first-order chi connectivity index (χ1) is 13.6. The number of hydrogen-bond acceptors (Lipinski definition) is 7. The molecule has 14 heteroatoms. The Bertz CT molecular complexity index is 1010. The van der Waals surface area contributed by atoms with Crippen molar-refractivity contribution in [3.8, 4) is 0 Å². The van der Waals surface area contributed by atoms with Crippen LogP contribution >= 0.6 is 0 Å². The Morgan fingerprint density at radius 3 is 2.72 bits per heavy atom. The summed E-state index contributed by atoms with van der Waals surface area (Å²) in [6.07, 6.45) is -6.98. The summed E-state index contributed by atoms with van der Waals surface area (Å²) >= 11 is 0. The van der Waals surface area contributed by atoms with E-state index in [0.29, 0.717) is 4.57 Å². The Balaban J connectivity index is 2.09. The van der Waals surface area contributed by atoms with E-state index in [1.54, 1.807) is 0 Å². The fraction of sp³-hybridized carbons (Fsp3) is 0.400. The summed E-state index contributed by atoms with van der Waals surface area (Å²) in [4.78, 5) is 28.6. The molecular weight excluding hydrogens is 408 g/mol. The lowest BCUT2D eigenvalue weighted by Gasteiger charge is -2.13. The van der Waals surface area contributed by atoms with Crippen LogP contribution in [0.2, 0.25) is 0 Å². The van der Waals surface area contributed by atoms with Gasteiger partial charge in [0.15, 0.2) is 17.5 Å². The third-order valence-electron chi connectivity index (χ3n) is 3.82. The Morgan fingerprint density at radius 2 is 2.14 bits per heavy atom. The molecule has 3 N–H and O–H groups in total. The third-order valence-corrected chi connectivity index (χ3v) is 3.82. The van der Waals surface area contributed by atoms with Gasteiger partial charge in [-0.1, -0.05) is 0 Å². The van der Waals surface area contributed by atoms with Crippen LogP contribution < -0.4 is 16.3 Å². The number of aliphatic hydroxyl groups is 1. The van der Waals surface area contributed by atoms with E-state index in [1.807, 2.05) is 0 Å². The fourth-order valence-corrected chi connectivity index (χ4v) is 2.66. The van der Waals surface area contributed by atoms with Gasteiger partial charge in [-0.15, -0.1) is 0 Å². The van der Waals surface area contributed by atoms with Crippen LogP contribution in [-0.2, 0) is 20.9 Å². The summed E-state index contributed by atoms with van der Waals surface area (Å²) in [6, 6.07) is 1.87. The SMILES string of the molecule is NC(=O)[C@H]1CN(c2cc(F)c3c(c2)oc(=NOCCO)n3CC(F)(F)F)C(=O)O1. The second-order valence-corrected chi connectivity index (χ2v) is 5.89. The Labute approximate surface area is 158 Å². The van der Waals surface area contributed by atoms with Crippen LogP contribution in [-0.4, -0.2) is 53.7 Å². The Kier molecular flexibility index (Phi) is 5.37. The molecule has 0 unspecified atom stereocenters. The monoisotopic (exact) mass is 422 g/mol. The number of nitrogens with two attached hydrogens (primary N) is 1. The molecule has 2 heterocycles. The molecule has 10 nitrogen and oxygen atoms in total. The highest BCUT2D eigenvalue weighted by Gasteiger charge is 2.37. The molecule has 1 aliphatic heterocycles. The molecule has 0 saturated carbocycles. The molecule has 1 aromatic heterocycles. The second kappa shape index (κ2) is 7.62. The topological polar surface area (TPSA) is 133 Å². The number of oxazole rings is 1. The minimum atomic E-state index is -4.73. The molecule has 1 aromatic carbocycles.